The Kier molecular flexibility index (Phi) is 3.97. The molecule has 3 aromatic rings. The van der Waals surface area contributed by atoms with Gasteiger partial charge in [0, 0.05) is 29.6 Å². The van der Waals surface area contributed by atoms with E-state index in [2.05, 4.69) is 42.2 Å². The molecule has 0 N–H and O–H groups in total. The van der Waals surface area contributed by atoms with Crippen LogP contribution >= 0.6 is 0 Å². The number of anilines is 1. The molecule has 5 heteroatoms. The number of fused-ring (bicyclic) bond motifs is 6. The van der Waals surface area contributed by atoms with Gasteiger partial charge in [-0.15, -0.1) is 0 Å². The van der Waals surface area contributed by atoms with Crippen LogP contribution in [0, 0.1) is 0 Å². The molecule has 0 saturated heterocycles. The van der Waals surface area contributed by atoms with E-state index >= 15 is 0 Å². The number of hydrogen-bond acceptors (Lipinski definition) is 5. The van der Waals surface area contributed by atoms with Crippen molar-refractivity contribution >= 4 is 16.5 Å². The van der Waals surface area contributed by atoms with Gasteiger partial charge in [-0.05, 0) is 49.1 Å². The summed E-state index contributed by atoms with van der Waals surface area (Å²) in [6.07, 6.45) is 0. The Hall–Kier alpha value is -3.08. The number of ether oxygens (including phenoxy) is 4. The van der Waals surface area contributed by atoms with Gasteiger partial charge in [0.15, 0.2) is 23.0 Å². The van der Waals surface area contributed by atoms with Gasteiger partial charge in [-0.2, -0.15) is 0 Å². The van der Waals surface area contributed by atoms with Crippen LogP contribution in [0.3, 0.4) is 0 Å². The third kappa shape index (κ3) is 2.39. The molecule has 0 aromatic heterocycles. The number of nitrogens with zero attached hydrogens (tertiary/aromatic N) is 1. The molecule has 28 heavy (non-hydrogen) atoms. The van der Waals surface area contributed by atoms with E-state index < -0.39 is 0 Å². The molecule has 0 atom stereocenters. The lowest BCUT2D eigenvalue weighted by atomic mass is 9.89. The Morgan fingerprint density at radius 3 is 2.54 bits per heavy atom. The molecule has 0 unspecified atom stereocenters. The molecule has 0 aliphatic carbocycles. The zero-order chi connectivity index (χ0) is 19.3. The number of hydrogen-bond donors (Lipinski definition) is 0. The van der Waals surface area contributed by atoms with Gasteiger partial charge in [0.1, 0.15) is 0 Å². The highest BCUT2D eigenvalue weighted by Crippen LogP contribution is 2.50. The largest absolute Gasteiger partial charge is 0.492 e. The second-order valence-corrected chi connectivity index (χ2v) is 6.96. The monoisotopic (exact) mass is 377 g/mol. The molecule has 5 nitrogen and oxygen atoms in total. The highest BCUT2D eigenvalue weighted by Gasteiger charge is 2.28. The van der Waals surface area contributed by atoms with Crippen LogP contribution in [-0.2, 0) is 6.54 Å². The van der Waals surface area contributed by atoms with Gasteiger partial charge in [-0.3, -0.25) is 0 Å². The zero-order valence-electron chi connectivity index (χ0n) is 16.4. The van der Waals surface area contributed by atoms with Gasteiger partial charge in [-0.25, -0.2) is 0 Å². The van der Waals surface area contributed by atoms with E-state index in [4.69, 9.17) is 18.9 Å². The van der Waals surface area contributed by atoms with Crippen LogP contribution in [0.5, 0.6) is 23.0 Å². The Bertz CT molecular complexity index is 1080. The molecular formula is C23H23NO4. The predicted octanol–water partition coefficient (Wildman–Crippen LogP) is 4.98. The van der Waals surface area contributed by atoms with E-state index in [1.165, 1.54) is 27.8 Å². The summed E-state index contributed by atoms with van der Waals surface area (Å²) in [5.74, 6) is 3.25. The molecule has 2 aliphatic heterocycles. The normalized spacial score (nSPS) is 14.0. The molecule has 0 bridgehead atoms. The Morgan fingerprint density at radius 1 is 1.00 bits per heavy atom. The van der Waals surface area contributed by atoms with Crippen LogP contribution in [0.2, 0.25) is 0 Å². The molecular weight excluding hydrogens is 354 g/mol. The van der Waals surface area contributed by atoms with Crippen molar-refractivity contribution in [3.8, 4) is 34.1 Å². The SMILES string of the molecule is CCOc1ccc2c(c1OC)CN(CC)c1c-2ccc2cc3c(cc12)OCO3. The fourth-order valence-electron chi connectivity index (χ4n) is 4.30. The van der Waals surface area contributed by atoms with E-state index in [0.717, 1.165) is 41.5 Å². The number of methoxy groups -OCH3 is 1. The highest BCUT2D eigenvalue weighted by atomic mass is 16.7. The highest BCUT2D eigenvalue weighted by molar-refractivity contribution is 6.05. The van der Waals surface area contributed by atoms with Crippen molar-refractivity contribution in [2.45, 2.75) is 20.4 Å². The maximum atomic E-state index is 5.80. The van der Waals surface area contributed by atoms with Crippen LogP contribution in [0.15, 0.2) is 36.4 Å². The minimum Gasteiger partial charge on any atom is -0.492 e. The first-order valence-electron chi connectivity index (χ1n) is 9.69. The van der Waals surface area contributed by atoms with Crippen LogP contribution in [-0.4, -0.2) is 27.1 Å². The lowest BCUT2D eigenvalue weighted by Crippen LogP contribution is -2.27. The van der Waals surface area contributed by atoms with Gasteiger partial charge < -0.3 is 23.8 Å². The van der Waals surface area contributed by atoms with Crippen molar-refractivity contribution in [3.05, 3.63) is 42.0 Å². The van der Waals surface area contributed by atoms with Crippen LogP contribution in [0.25, 0.3) is 21.9 Å². The molecule has 3 aromatic carbocycles. The van der Waals surface area contributed by atoms with Crippen molar-refractivity contribution in [2.75, 3.05) is 32.0 Å². The smallest absolute Gasteiger partial charge is 0.231 e. The van der Waals surface area contributed by atoms with Crippen molar-refractivity contribution in [3.63, 3.8) is 0 Å². The van der Waals surface area contributed by atoms with Crippen molar-refractivity contribution in [1.29, 1.82) is 0 Å². The third-order valence-corrected chi connectivity index (χ3v) is 5.55. The molecule has 0 fully saturated rings. The van der Waals surface area contributed by atoms with Crippen molar-refractivity contribution < 1.29 is 18.9 Å². The van der Waals surface area contributed by atoms with Crippen molar-refractivity contribution in [1.82, 2.24) is 0 Å². The predicted molar refractivity (Wildman–Crippen MR) is 110 cm³/mol. The summed E-state index contributed by atoms with van der Waals surface area (Å²) in [6, 6.07) is 12.7. The summed E-state index contributed by atoms with van der Waals surface area (Å²) < 4.78 is 22.8. The minimum atomic E-state index is 0.283. The van der Waals surface area contributed by atoms with E-state index in [-0.39, 0.29) is 6.79 Å². The Balaban J connectivity index is 1.77. The first-order chi connectivity index (χ1) is 13.7. The molecule has 5 rings (SSSR count). The summed E-state index contributed by atoms with van der Waals surface area (Å²) in [5.41, 5.74) is 4.80. The summed E-state index contributed by atoms with van der Waals surface area (Å²) >= 11 is 0. The molecule has 2 heterocycles. The standard InChI is InChI=1S/C23H23NO4/c1-4-24-12-18-15(8-9-19(26-5-2)23(18)25-3)16-7-6-14-10-20-21(28-13-27-20)11-17(14)22(16)24/h6-11H,4-5,12-13H2,1-3H3. The maximum absolute atomic E-state index is 5.80. The van der Waals surface area contributed by atoms with Gasteiger partial charge in [0.05, 0.1) is 19.4 Å². The molecule has 0 spiro atoms. The lowest BCUT2D eigenvalue weighted by molar-refractivity contribution is 0.174. The maximum Gasteiger partial charge on any atom is 0.231 e. The summed E-state index contributed by atoms with van der Waals surface area (Å²) in [4.78, 5) is 2.39. The molecule has 0 saturated carbocycles. The van der Waals surface area contributed by atoms with Gasteiger partial charge in [0.25, 0.3) is 0 Å². The molecule has 2 aliphatic rings. The fraction of sp³-hybridized carbons (Fsp3) is 0.304. The van der Waals surface area contributed by atoms with E-state index in [1.54, 1.807) is 7.11 Å². The topological polar surface area (TPSA) is 40.2 Å². The van der Waals surface area contributed by atoms with E-state index in [9.17, 15) is 0 Å². The van der Waals surface area contributed by atoms with Gasteiger partial charge in [-0.1, -0.05) is 12.1 Å². The average Bonchev–Trinajstić information content (AvgIpc) is 3.18. The lowest BCUT2D eigenvalue weighted by Gasteiger charge is -2.34. The Labute approximate surface area is 164 Å². The van der Waals surface area contributed by atoms with Gasteiger partial charge in [0.2, 0.25) is 6.79 Å². The quantitative estimate of drug-likeness (QED) is 0.641. The summed E-state index contributed by atoms with van der Waals surface area (Å²) in [7, 11) is 1.71. The zero-order valence-corrected chi connectivity index (χ0v) is 16.4. The number of benzene rings is 3. The number of rotatable bonds is 4. The van der Waals surface area contributed by atoms with Crippen molar-refractivity contribution in [2.24, 2.45) is 0 Å². The van der Waals surface area contributed by atoms with Crippen LogP contribution < -0.4 is 23.8 Å². The van der Waals surface area contributed by atoms with E-state index in [1.807, 2.05) is 13.0 Å². The fourth-order valence-corrected chi connectivity index (χ4v) is 4.30. The molecule has 0 radical (unpaired) electrons. The first kappa shape index (κ1) is 17.0. The average molecular weight is 377 g/mol. The second kappa shape index (κ2) is 6.51. The Morgan fingerprint density at radius 2 is 1.79 bits per heavy atom. The third-order valence-electron chi connectivity index (χ3n) is 5.55. The van der Waals surface area contributed by atoms with Gasteiger partial charge >= 0.3 is 0 Å². The summed E-state index contributed by atoms with van der Waals surface area (Å²) in [5, 5.41) is 2.34. The minimum absolute atomic E-state index is 0.283. The van der Waals surface area contributed by atoms with Crippen LogP contribution in [0.4, 0.5) is 5.69 Å². The first-order valence-corrected chi connectivity index (χ1v) is 9.69. The van der Waals surface area contributed by atoms with E-state index in [0.29, 0.717) is 6.61 Å². The summed E-state index contributed by atoms with van der Waals surface area (Å²) in [6.45, 7) is 6.73. The van der Waals surface area contributed by atoms with Crippen LogP contribution in [0.1, 0.15) is 19.4 Å². The molecule has 144 valence electrons. The second-order valence-electron chi connectivity index (χ2n) is 6.96. The molecule has 0 amide bonds.